The molecular weight excluding hydrogens is 664 g/mol. The number of aliphatic imine (C=N–C) groups is 1. The van der Waals surface area contributed by atoms with Crippen LogP contribution in [0.5, 0.6) is 5.75 Å². The van der Waals surface area contributed by atoms with E-state index >= 15 is 0 Å². The van der Waals surface area contributed by atoms with E-state index in [1.54, 1.807) is 7.11 Å². The Morgan fingerprint density at radius 1 is 1.25 bits per heavy atom. The SMILES string of the molecule is COc1c(I)cc(CC2NCCC3=C2S2(OC(=O)C=CC(=O)O2)C(NC(C)=O)=N3)cc1I. The Morgan fingerprint density at radius 3 is 2.44 bits per heavy atom. The van der Waals surface area contributed by atoms with Crippen LogP contribution in [0.15, 0.2) is 39.9 Å². The van der Waals surface area contributed by atoms with Gasteiger partial charge in [-0.2, -0.15) is 0 Å². The van der Waals surface area contributed by atoms with Crippen LogP contribution in [0.1, 0.15) is 18.9 Å². The van der Waals surface area contributed by atoms with Crippen molar-refractivity contribution >= 4 is 78.8 Å². The Labute approximate surface area is 213 Å². The number of nitrogens with zero attached hydrogens (tertiary/aromatic N) is 1. The summed E-state index contributed by atoms with van der Waals surface area (Å²) in [5.74, 6) is -1.04. The highest BCUT2D eigenvalue weighted by Gasteiger charge is 2.50. The van der Waals surface area contributed by atoms with E-state index in [0.29, 0.717) is 30.0 Å². The number of methoxy groups -OCH3 is 1. The van der Waals surface area contributed by atoms with Crippen LogP contribution in [0.4, 0.5) is 0 Å². The summed E-state index contributed by atoms with van der Waals surface area (Å²) < 4.78 is 18.8. The fraction of sp³-hybridized carbons (Fsp3) is 0.300. The van der Waals surface area contributed by atoms with E-state index in [1.807, 2.05) is 12.1 Å². The maximum absolute atomic E-state index is 12.4. The van der Waals surface area contributed by atoms with E-state index in [-0.39, 0.29) is 11.2 Å². The van der Waals surface area contributed by atoms with Gasteiger partial charge in [-0.3, -0.25) is 10.1 Å². The Kier molecular flexibility index (Phi) is 6.84. The average Bonchev–Trinajstić information content (AvgIpc) is 2.88. The molecule has 0 bridgehead atoms. The third-order valence-corrected chi connectivity index (χ3v) is 9.08. The molecule has 0 radical (unpaired) electrons. The zero-order valence-electron chi connectivity index (χ0n) is 17.1. The predicted octanol–water partition coefficient (Wildman–Crippen LogP) is 2.82. The van der Waals surface area contributed by atoms with Crippen LogP contribution < -0.4 is 15.4 Å². The maximum Gasteiger partial charge on any atom is 0.354 e. The third-order valence-electron chi connectivity index (χ3n) is 4.87. The lowest BCUT2D eigenvalue weighted by Gasteiger charge is -2.42. The zero-order valence-corrected chi connectivity index (χ0v) is 22.2. The van der Waals surface area contributed by atoms with Gasteiger partial charge in [-0.15, -0.1) is 0 Å². The first-order valence-corrected chi connectivity index (χ1v) is 13.2. The third kappa shape index (κ3) is 4.41. The highest BCUT2D eigenvalue weighted by molar-refractivity contribution is 14.1. The van der Waals surface area contributed by atoms with Gasteiger partial charge in [0.1, 0.15) is 10.7 Å². The van der Waals surface area contributed by atoms with Gasteiger partial charge in [0.25, 0.3) is 0 Å². The highest BCUT2D eigenvalue weighted by atomic mass is 127. The molecule has 9 nitrogen and oxygen atoms in total. The average molecular weight is 683 g/mol. The molecule has 4 rings (SSSR count). The second-order valence-electron chi connectivity index (χ2n) is 7.10. The van der Waals surface area contributed by atoms with Crippen molar-refractivity contribution in [2.24, 2.45) is 4.99 Å². The molecule has 0 saturated heterocycles. The Balaban J connectivity index is 1.76. The normalized spacial score (nSPS) is 22.5. The van der Waals surface area contributed by atoms with Gasteiger partial charge in [-0.1, -0.05) is 0 Å². The Hall–Kier alpha value is -1.65. The quantitative estimate of drug-likeness (QED) is 0.472. The monoisotopic (exact) mass is 683 g/mol. The van der Waals surface area contributed by atoms with Gasteiger partial charge in [0, 0.05) is 32.0 Å². The van der Waals surface area contributed by atoms with Gasteiger partial charge < -0.3 is 18.4 Å². The van der Waals surface area contributed by atoms with E-state index in [0.717, 1.165) is 30.6 Å². The Morgan fingerprint density at radius 2 is 1.88 bits per heavy atom. The van der Waals surface area contributed by atoms with Crippen molar-refractivity contribution in [1.82, 2.24) is 10.6 Å². The minimum absolute atomic E-state index is 0.0630. The molecule has 3 heterocycles. The zero-order chi connectivity index (χ0) is 23.0. The topological polar surface area (TPSA) is 115 Å². The predicted molar refractivity (Wildman–Crippen MR) is 136 cm³/mol. The number of nitrogens with one attached hydrogen (secondary N) is 2. The van der Waals surface area contributed by atoms with Crippen LogP contribution in [0, 0.1) is 7.14 Å². The highest BCUT2D eigenvalue weighted by Crippen LogP contribution is 2.65. The van der Waals surface area contributed by atoms with Gasteiger partial charge in [-0.05, 0) is 79.9 Å². The molecule has 1 atom stereocenters. The van der Waals surface area contributed by atoms with Crippen molar-refractivity contribution < 1.29 is 27.5 Å². The molecule has 1 aromatic rings. The molecule has 1 aromatic carbocycles. The van der Waals surface area contributed by atoms with Crippen molar-refractivity contribution in [2.45, 2.75) is 25.8 Å². The first kappa shape index (κ1) is 23.5. The minimum atomic E-state index is -3.09. The number of carbonyl (C=O) groups is 3. The standard InChI is InChI=1S/C20H19I2N3O6S/c1-10(26)24-20-25-14-5-6-23-15(9-11-7-12(21)18(29-2)13(22)8-11)19(14)32(20)30-16(27)3-4-17(28)31-32/h3-4,7-8,15,23H,5-6,9H2,1-2H3,(H,24,25,26). The first-order valence-electron chi connectivity index (χ1n) is 9.56. The van der Waals surface area contributed by atoms with E-state index in [4.69, 9.17) is 13.1 Å². The van der Waals surface area contributed by atoms with Crippen LogP contribution in [-0.4, -0.2) is 42.7 Å². The molecule has 1 unspecified atom stereocenters. The van der Waals surface area contributed by atoms with Crippen molar-refractivity contribution in [3.63, 3.8) is 0 Å². The van der Waals surface area contributed by atoms with Gasteiger partial charge >= 0.3 is 11.9 Å². The van der Waals surface area contributed by atoms with Gasteiger partial charge in [-0.25, -0.2) is 14.6 Å². The number of halogens is 2. The summed E-state index contributed by atoms with van der Waals surface area (Å²) in [6, 6.07) is 3.73. The molecule has 170 valence electrons. The number of carbonyl (C=O) groups excluding carboxylic acids is 3. The summed E-state index contributed by atoms with van der Waals surface area (Å²) in [6.07, 6.45) is 3.12. The second-order valence-corrected chi connectivity index (χ2v) is 11.6. The molecule has 1 spiro atoms. The van der Waals surface area contributed by atoms with Gasteiger partial charge in [0.2, 0.25) is 11.1 Å². The lowest BCUT2D eigenvalue weighted by Crippen LogP contribution is -2.42. The number of amides is 1. The van der Waals surface area contributed by atoms with Crippen LogP contribution >= 0.6 is 55.8 Å². The molecule has 3 aliphatic rings. The molecule has 1 amide bonds. The summed E-state index contributed by atoms with van der Waals surface area (Å²) >= 11 is 4.45. The molecule has 2 N–H and O–H groups in total. The maximum atomic E-state index is 12.4. The van der Waals surface area contributed by atoms with E-state index < -0.39 is 28.4 Å². The number of benzene rings is 1. The lowest BCUT2D eigenvalue weighted by atomic mass is 10.0. The molecule has 32 heavy (non-hydrogen) atoms. The van der Waals surface area contributed by atoms with E-state index in [2.05, 4.69) is 60.8 Å². The number of rotatable bonds is 3. The smallest absolute Gasteiger partial charge is 0.354 e. The summed E-state index contributed by atoms with van der Waals surface area (Å²) in [5, 5.41) is 6.13. The number of hydrogen-bond donors (Lipinski definition) is 2. The summed E-state index contributed by atoms with van der Waals surface area (Å²) in [4.78, 5) is 41.8. The van der Waals surface area contributed by atoms with Crippen LogP contribution in [-0.2, 0) is 29.2 Å². The molecule has 0 fully saturated rings. The number of fused-ring (bicyclic) bond motifs is 1. The number of amidine groups is 1. The molecule has 12 heteroatoms. The number of hydrogen-bond acceptors (Lipinski definition) is 8. The molecule has 3 aliphatic heterocycles. The second kappa shape index (κ2) is 9.30. The van der Waals surface area contributed by atoms with Crippen molar-refractivity contribution in [3.05, 3.63) is 47.6 Å². The molecular formula is C20H19I2N3O6S. The first-order chi connectivity index (χ1) is 15.2. The van der Waals surface area contributed by atoms with Crippen molar-refractivity contribution in [3.8, 4) is 5.75 Å². The summed E-state index contributed by atoms with van der Waals surface area (Å²) in [6.45, 7) is 1.96. The van der Waals surface area contributed by atoms with Crippen LogP contribution in [0.3, 0.4) is 0 Å². The minimum Gasteiger partial charge on any atom is -0.495 e. The fourth-order valence-corrected chi connectivity index (χ4v) is 8.70. The Bertz CT molecular complexity index is 1070. The van der Waals surface area contributed by atoms with Crippen LogP contribution in [0.25, 0.3) is 0 Å². The van der Waals surface area contributed by atoms with Crippen molar-refractivity contribution in [2.75, 3.05) is 13.7 Å². The van der Waals surface area contributed by atoms with Gasteiger partial charge in [0.15, 0.2) is 0 Å². The van der Waals surface area contributed by atoms with Crippen LogP contribution in [0.2, 0.25) is 0 Å². The largest absolute Gasteiger partial charge is 0.495 e. The van der Waals surface area contributed by atoms with E-state index in [9.17, 15) is 14.4 Å². The van der Waals surface area contributed by atoms with Crippen molar-refractivity contribution in [1.29, 1.82) is 0 Å². The number of ether oxygens (including phenoxy) is 1. The summed E-state index contributed by atoms with van der Waals surface area (Å²) in [5.41, 5.74) is 1.69. The molecule has 0 aromatic heterocycles. The molecule has 0 aliphatic carbocycles. The molecule has 0 saturated carbocycles. The summed E-state index contributed by atoms with van der Waals surface area (Å²) in [7, 11) is -1.46. The lowest BCUT2D eigenvalue weighted by molar-refractivity contribution is -0.129. The fourth-order valence-electron chi connectivity index (χ4n) is 3.70. The van der Waals surface area contributed by atoms with Gasteiger partial charge in [0.05, 0.1) is 26.0 Å². The van der Waals surface area contributed by atoms with E-state index in [1.165, 1.54) is 6.92 Å².